The van der Waals surface area contributed by atoms with Gasteiger partial charge in [-0.3, -0.25) is 0 Å². The van der Waals surface area contributed by atoms with E-state index in [0.717, 1.165) is 6.07 Å². The van der Waals surface area contributed by atoms with Crippen molar-refractivity contribution in [3.8, 4) is 0 Å². The van der Waals surface area contributed by atoms with Gasteiger partial charge in [-0.25, -0.2) is 14.0 Å². The first-order chi connectivity index (χ1) is 8.85. The maximum Gasteiger partial charge on any atom is 0.328 e. The van der Waals surface area contributed by atoms with Crippen LogP contribution in [0.5, 0.6) is 0 Å². The van der Waals surface area contributed by atoms with Crippen molar-refractivity contribution in [2.24, 2.45) is 0 Å². The number of hydrogen-bond donors (Lipinski definition) is 4. The van der Waals surface area contributed by atoms with Gasteiger partial charge in [0.1, 0.15) is 5.82 Å². The van der Waals surface area contributed by atoms with Crippen LogP contribution in [0.25, 0.3) is 0 Å². The number of aliphatic hydroxyl groups is 1. The highest BCUT2D eigenvalue weighted by molar-refractivity contribution is 9.10. The van der Waals surface area contributed by atoms with E-state index < -0.39 is 30.5 Å². The van der Waals surface area contributed by atoms with Gasteiger partial charge in [-0.15, -0.1) is 0 Å². The number of carboxylic acid groups (broad SMARTS) is 1. The van der Waals surface area contributed by atoms with Gasteiger partial charge in [-0.1, -0.05) is 0 Å². The van der Waals surface area contributed by atoms with E-state index in [-0.39, 0.29) is 10.2 Å². The van der Waals surface area contributed by atoms with Crippen molar-refractivity contribution in [1.29, 1.82) is 0 Å². The Morgan fingerprint density at radius 3 is 2.63 bits per heavy atom. The highest BCUT2D eigenvalue weighted by Gasteiger charge is 2.19. The lowest BCUT2D eigenvalue weighted by molar-refractivity contribution is -0.140. The number of halogens is 2. The summed E-state index contributed by atoms with van der Waals surface area (Å²) >= 11 is 3.00. The second-order valence-corrected chi connectivity index (χ2v) is 4.61. The van der Waals surface area contributed by atoms with Crippen LogP contribution in [0.15, 0.2) is 16.6 Å². The van der Waals surface area contributed by atoms with Crippen LogP contribution in [0.3, 0.4) is 0 Å². The number of nitrogens with one attached hydrogen (secondary N) is 2. The fourth-order valence-corrected chi connectivity index (χ4v) is 1.74. The zero-order chi connectivity index (χ0) is 14.6. The largest absolute Gasteiger partial charge is 0.480 e. The smallest absolute Gasteiger partial charge is 0.328 e. The predicted octanol–water partition coefficient (Wildman–Crippen LogP) is 1.46. The van der Waals surface area contributed by atoms with E-state index in [1.54, 1.807) is 6.92 Å². The van der Waals surface area contributed by atoms with Crippen molar-refractivity contribution in [1.82, 2.24) is 5.32 Å². The van der Waals surface area contributed by atoms with Crippen LogP contribution < -0.4 is 10.6 Å². The van der Waals surface area contributed by atoms with Gasteiger partial charge in [0.05, 0.1) is 11.1 Å². The lowest BCUT2D eigenvalue weighted by atomic mass is 10.2. The molecule has 1 aromatic carbocycles. The summed E-state index contributed by atoms with van der Waals surface area (Å²) in [5.74, 6) is -1.92. The van der Waals surface area contributed by atoms with Crippen LogP contribution in [0.1, 0.15) is 5.56 Å². The van der Waals surface area contributed by atoms with Crippen LogP contribution >= 0.6 is 15.9 Å². The van der Waals surface area contributed by atoms with E-state index in [0.29, 0.717) is 5.56 Å². The summed E-state index contributed by atoms with van der Waals surface area (Å²) in [5, 5.41) is 21.8. The first-order valence-electron chi connectivity index (χ1n) is 5.22. The second kappa shape index (κ2) is 6.48. The molecule has 0 heterocycles. The standard InChI is InChI=1S/C11H12BrFN2O4/c1-5-2-6(12)7(13)3-8(5)14-11(19)15-9(4-16)10(17)18/h2-3,9,16H,4H2,1H3,(H,17,18)(H2,14,15,19)/t9-/m1/s1. The minimum absolute atomic E-state index is 0.209. The number of urea groups is 1. The van der Waals surface area contributed by atoms with Gasteiger partial charge in [0.25, 0.3) is 0 Å². The van der Waals surface area contributed by atoms with Crippen molar-refractivity contribution >= 4 is 33.6 Å². The molecule has 19 heavy (non-hydrogen) atoms. The molecule has 0 unspecified atom stereocenters. The number of anilines is 1. The molecule has 1 atom stereocenters. The minimum atomic E-state index is -1.42. The van der Waals surface area contributed by atoms with Crippen molar-refractivity contribution in [3.05, 3.63) is 28.0 Å². The first kappa shape index (κ1) is 15.4. The average Bonchev–Trinajstić information content (AvgIpc) is 2.32. The van der Waals surface area contributed by atoms with Crippen LogP contribution in [0, 0.1) is 12.7 Å². The third-order valence-corrected chi connectivity index (χ3v) is 2.91. The molecule has 6 nitrogen and oxygen atoms in total. The third-order valence-electron chi connectivity index (χ3n) is 2.30. The fourth-order valence-electron chi connectivity index (χ4n) is 1.28. The van der Waals surface area contributed by atoms with Gasteiger partial charge in [0.2, 0.25) is 0 Å². The Hall–Kier alpha value is -1.67. The molecule has 0 spiro atoms. The number of carbonyl (C=O) groups is 2. The SMILES string of the molecule is Cc1cc(Br)c(F)cc1NC(=O)N[C@H](CO)C(=O)O. The molecule has 4 N–H and O–H groups in total. The number of aliphatic hydroxyl groups excluding tert-OH is 1. The monoisotopic (exact) mass is 334 g/mol. The Balaban J connectivity index is 2.77. The lowest BCUT2D eigenvalue weighted by Crippen LogP contribution is -2.45. The van der Waals surface area contributed by atoms with Gasteiger partial charge in [-0.2, -0.15) is 0 Å². The van der Waals surface area contributed by atoms with E-state index in [1.165, 1.54) is 6.07 Å². The fraction of sp³-hybridized carbons (Fsp3) is 0.273. The molecular formula is C11H12BrFN2O4. The molecule has 8 heteroatoms. The molecule has 0 radical (unpaired) electrons. The topological polar surface area (TPSA) is 98.7 Å². The molecule has 0 fully saturated rings. The van der Waals surface area contributed by atoms with Crippen molar-refractivity contribution in [2.45, 2.75) is 13.0 Å². The zero-order valence-electron chi connectivity index (χ0n) is 9.91. The Morgan fingerprint density at radius 1 is 1.47 bits per heavy atom. The third kappa shape index (κ3) is 4.18. The minimum Gasteiger partial charge on any atom is -0.480 e. The first-order valence-corrected chi connectivity index (χ1v) is 6.01. The lowest BCUT2D eigenvalue weighted by Gasteiger charge is -2.14. The number of carboxylic acids is 1. The number of aliphatic carboxylic acids is 1. The van der Waals surface area contributed by atoms with Crippen LogP contribution in [0.4, 0.5) is 14.9 Å². The van der Waals surface area contributed by atoms with Crippen molar-refractivity contribution < 1.29 is 24.2 Å². The summed E-state index contributed by atoms with van der Waals surface area (Å²) in [6.45, 7) is 0.914. The number of hydrogen-bond acceptors (Lipinski definition) is 3. The summed E-state index contributed by atoms with van der Waals surface area (Å²) in [7, 11) is 0. The number of carbonyl (C=O) groups excluding carboxylic acids is 1. The summed E-state index contributed by atoms with van der Waals surface area (Å²) in [6, 6.07) is 0.325. The summed E-state index contributed by atoms with van der Waals surface area (Å²) in [5.41, 5.74) is 0.805. The molecule has 0 aliphatic carbocycles. The average molecular weight is 335 g/mol. The van der Waals surface area contributed by atoms with E-state index in [4.69, 9.17) is 10.2 Å². The number of amides is 2. The van der Waals surface area contributed by atoms with Crippen molar-refractivity contribution in [3.63, 3.8) is 0 Å². The van der Waals surface area contributed by atoms with E-state index in [1.807, 2.05) is 5.32 Å². The molecule has 104 valence electrons. The maximum absolute atomic E-state index is 13.3. The molecule has 0 saturated heterocycles. The van der Waals surface area contributed by atoms with Gasteiger partial charge in [-0.05, 0) is 40.5 Å². The zero-order valence-corrected chi connectivity index (χ0v) is 11.5. The summed E-state index contributed by atoms with van der Waals surface area (Å²) < 4.78 is 13.6. The Morgan fingerprint density at radius 2 is 2.11 bits per heavy atom. The molecular weight excluding hydrogens is 323 g/mol. The van der Waals surface area contributed by atoms with E-state index in [2.05, 4.69) is 21.2 Å². The molecule has 0 saturated carbocycles. The maximum atomic E-state index is 13.3. The summed E-state index contributed by atoms with van der Waals surface area (Å²) in [6.07, 6.45) is 0. The highest BCUT2D eigenvalue weighted by atomic mass is 79.9. The van der Waals surface area contributed by atoms with Gasteiger partial charge in [0, 0.05) is 5.69 Å². The molecule has 1 rings (SSSR count). The molecule has 2 amide bonds. The number of benzene rings is 1. The second-order valence-electron chi connectivity index (χ2n) is 3.75. The molecule has 1 aromatic rings. The molecule has 0 aliphatic rings. The highest BCUT2D eigenvalue weighted by Crippen LogP contribution is 2.23. The number of rotatable bonds is 4. The Bertz CT molecular complexity index is 510. The van der Waals surface area contributed by atoms with E-state index in [9.17, 15) is 14.0 Å². The molecule has 0 aromatic heterocycles. The Labute approximate surface area is 116 Å². The van der Waals surface area contributed by atoms with Gasteiger partial charge < -0.3 is 20.8 Å². The predicted molar refractivity (Wildman–Crippen MR) is 69.5 cm³/mol. The van der Waals surface area contributed by atoms with Crippen LogP contribution in [0.2, 0.25) is 0 Å². The van der Waals surface area contributed by atoms with Crippen molar-refractivity contribution in [2.75, 3.05) is 11.9 Å². The summed E-state index contributed by atoms with van der Waals surface area (Å²) in [4.78, 5) is 22.1. The molecule has 0 bridgehead atoms. The van der Waals surface area contributed by atoms with Gasteiger partial charge in [0.15, 0.2) is 6.04 Å². The van der Waals surface area contributed by atoms with Gasteiger partial charge >= 0.3 is 12.0 Å². The van der Waals surface area contributed by atoms with E-state index >= 15 is 0 Å². The molecule has 0 aliphatic heterocycles. The number of aryl methyl sites for hydroxylation is 1. The normalized spacial score (nSPS) is 11.8. The van der Waals surface area contributed by atoms with Crippen LogP contribution in [-0.4, -0.2) is 34.9 Å². The Kier molecular flexibility index (Phi) is 5.25. The quantitative estimate of drug-likeness (QED) is 0.670. The van der Waals surface area contributed by atoms with Crippen LogP contribution in [-0.2, 0) is 4.79 Å².